The molecule has 0 aromatic heterocycles. The Hall–Kier alpha value is -3.35. The van der Waals surface area contributed by atoms with Gasteiger partial charge >= 0.3 is 0 Å². The third kappa shape index (κ3) is 6.83. The Morgan fingerprint density at radius 3 is 2.38 bits per heavy atom. The monoisotopic (exact) mass is 437 g/mol. The maximum atomic E-state index is 12.3. The highest BCUT2D eigenvalue weighted by Gasteiger charge is 2.21. The van der Waals surface area contributed by atoms with Gasteiger partial charge < -0.3 is 9.64 Å². The number of hydrogen-bond donors (Lipinski definition) is 2. The summed E-state index contributed by atoms with van der Waals surface area (Å²) < 4.78 is 5.68. The van der Waals surface area contributed by atoms with Gasteiger partial charge in [0.05, 0.1) is 13.0 Å². The van der Waals surface area contributed by atoms with E-state index in [0.717, 1.165) is 42.8 Å². The Bertz CT molecular complexity index is 910. The number of unbranched alkanes of at least 4 members (excludes halogenated alkanes) is 3. The van der Waals surface area contributed by atoms with Crippen molar-refractivity contribution in [2.24, 2.45) is 0 Å². The van der Waals surface area contributed by atoms with Gasteiger partial charge in [0.2, 0.25) is 11.8 Å². The molecule has 1 fully saturated rings. The van der Waals surface area contributed by atoms with Crippen LogP contribution in [0.5, 0.6) is 5.75 Å². The average molecular weight is 438 g/mol. The normalized spacial score (nSPS) is 13.2. The van der Waals surface area contributed by atoms with Crippen LogP contribution in [0, 0.1) is 0 Å². The number of carbonyl (C=O) groups is 3. The number of hydrazine groups is 1. The average Bonchev–Trinajstić information content (AvgIpc) is 3.24. The lowest BCUT2D eigenvalue weighted by Crippen LogP contribution is -2.42. The van der Waals surface area contributed by atoms with Crippen molar-refractivity contribution in [1.82, 2.24) is 10.9 Å². The molecule has 0 radical (unpaired) electrons. The summed E-state index contributed by atoms with van der Waals surface area (Å²) in [6.45, 7) is 3.57. The highest BCUT2D eigenvalue weighted by Crippen LogP contribution is 2.21. The summed E-state index contributed by atoms with van der Waals surface area (Å²) in [6, 6.07) is 14.2. The van der Waals surface area contributed by atoms with Crippen molar-refractivity contribution in [3.05, 3.63) is 59.7 Å². The van der Waals surface area contributed by atoms with Crippen LogP contribution in [-0.4, -0.2) is 30.9 Å². The first-order valence-corrected chi connectivity index (χ1v) is 11.3. The molecule has 0 aliphatic carbocycles. The number of ether oxygens (including phenoxy) is 1. The molecule has 1 aliphatic rings. The smallest absolute Gasteiger partial charge is 0.269 e. The summed E-state index contributed by atoms with van der Waals surface area (Å²) in [6.07, 6.45) is 6.14. The molecule has 3 amide bonds. The van der Waals surface area contributed by atoms with Crippen LogP contribution in [0.2, 0.25) is 0 Å². The van der Waals surface area contributed by atoms with E-state index in [1.165, 1.54) is 12.8 Å². The van der Waals surface area contributed by atoms with Crippen molar-refractivity contribution in [1.29, 1.82) is 0 Å². The van der Waals surface area contributed by atoms with E-state index >= 15 is 0 Å². The molecule has 7 heteroatoms. The van der Waals surface area contributed by atoms with E-state index in [-0.39, 0.29) is 18.2 Å². The van der Waals surface area contributed by atoms with E-state index < -0.39 is 5.91 Å². The predicted molar refractivity (Wildman–Crippen MR) is 123 cm³/mol. The van der Waals surface area contributed by atoms with Crippen molar-refractivity contribution < 1.29 is 19.1 Å². The van der Waals surface area contributed by atoms with Crippen LogP contribution in [0.15, 0.2) is 48.5 Å². The van der Waals surface area contributed by atoms with Gasteiger partial charge in [-0.1, -0.05) is 38.3 Å². The van der Waals surface area contributed by atoms with E-state index in [4.69, 9.17) is 4.74 Å². The highest BCUT2D eigenvalue weighted by atomic mass is 16.5. The maximum absolute atomic E-state index is 12.3. The molecule has 1 aliphatic heterocycles. The predicted octanol–water partition coefficient (Wildman–Crippen LogP) is 3.78. The summed E-state index contributed by atoms with van der Waals surface area (Å²) in [5.41, 5.74) is 6.95. The molecule has 0 saturated carbocycles. The molecule has 32 heavy (non-hydrogen) atoms. The lowest BCUT2D eigenvalue weighted by atomic mass is 10.1. The van der Waals surface area contributed by atoms with Gasteiger partial charge in [0.25, 0.3) is 5.91 Å². The number of carbonyl (C=O) groups excluding carboxylic acids is 3. The quantitative estimate of drug-likeness (QED) is 0.437. The third-order valence-corrected chi connectivity index (χ3v) is 5.38. The Morgan fingerprint density at radius 1 is 0.969 bits per heavy atom. The van der Waals surface area contributed by atoms with Crippen molar-refractivity contribution in [2.45, 2.75) is 51.9 Å². The van der Waals surface area contributed by atoms with Gasteiger partial charge in [-0.15, -0.1) is 0 Å². The Labute approximate surface area is 189 Å². The van der Waals surface area contributed by atoms with Gasteiger partial charge in [-0.05, 0) is 54.8 Å². The van der Waals surface area contributed by atoms with E-state index in [9.17, 15) is 14.4 Å². The number of nitrogens with one attached hydrogen (secondary N) is 2. The molecule has 2 aromatic rings. The zero-order valence-corrected chi connectivity index (χ0v) is 18.6. The van der Waals surface area contributed by atoms with E-state index in [1.54, 1.807) is 29.2 Å². The Balaban J connectivity index is 1.40. The van der Waals surface area contributed by atoms with Gasteiger partial charge in [-0.2, -0.15) is 0 Å². The number of amides is 3. The minimum atomic E-state index is -0.393. The fourth-order valence-corrected chi connectivity index (χ4v) is 3.56. The fraction of sp³-hybridized carbons (Fsp3) is 0.400. The van der Waals surface area contributed by atoms with Gasteiger partial charge in [-0.3, -0.25) is 25.2 Å². The van der Waals surface area contributed by atoms with Crippen molar-refractivity contribution in [2.75, 3.05) is 18.1 Å². The van der Waals surface area contributed by atoms with E-state index in [2.05, 4.69) is 17.8 Å². The molecular weight excluding hydrogens is 406 g/mol. The fourth-order valence-electron chi connectivity index (χ4n) is 3.56. The molecule has 0 spiro atoms. The Morgan fingerprint density at radius 2 is 1.72 bits per heavy atom. The lowest BCUT2D eigenvalue weighted by molar-refractivity contribution is -0.121. The first-order chi connectivity index (χ1) is 15.6. The minimum Gasteiger partial charge on any atom is -0.494 e. The van der Waals surface area contributed by atoms with Crippen molar-refractivity contribution >= 4 is 23.4 Å². The van der Waals surface area contributed by atoms with Crippen molar-refractivity contribution in [3.8, 4) is 5.75 Å². The van der Waals surface area contributed by atoms with Crippen LogP contribution < -0.4 is 20.5 Å². The number of rotatable bonds is 10. The zero-order chi connectivity index (χ0) is 22.8. The number of hydrogen-bond acceptors (Lipinski definition) is 4. The standard InChI is InChI=1S/C25H31N3O4/c1-2-3-4-5-17-32-22-14-10-20(11-15-22)25(31)27-26-23(29)18-19-8-12-21(13-9-19)28-16-6-7-24(28)30/h8-15H,2-7,16-18H2,1H3,(H,26,29)(H,27,31). The summed E-state index contributed by atoms with van der Waals surface area (Å²) in [7, 11) is 0. The molecule has 2 aromatic carbocycles. The van der Waals surface area contributed by atoms with Gasteiger partial charge in [-0.25, -0.2) is 0 Å². The summed E-state index contributed by atoms with van der Waals surface area (Å²) in [5, 5.41) is 0. The van der Waals surface area contributed by atoms with E-state index in [0.29, 0.717) is 18.6 Å². The second kappa shape index (κ2) is 11.9. The van der Waals surface area contributed by atoms with Crippen molar-refractivity contribution in [3.63, 3.8) is 0 Å². The first kappa shape index (κ1) is 23.3. The molecule has 3 rings (SSSR count). The van der Waals surface area contributed by atoms with Gasteiger partial charge in [0, 0.05) is 24.2 Å². The lowest BCUT2D eigenvalue weighted by Gasteiger charge is -2.16. The number of anilines is 1. The topological polar surface area (TPSA) is 87.7 Å². The summed E-state index contributed by atoms with van der Waals surface area (Å²) in [5.74, 6) is 0.136. The maximum Gasteiger partial charge on any atom is 0.269 e. The molecule has 0 unspecified atom stereocenters. The second-order valence-electron chi connectivity index (χ2n) is 7.93. The van der Waals surface area contributed by atoms with E-state index in [1.807, 2.05) is 24.3 Å². The largest absolute Gasteiger partial charge is 0.494 e. The molecular formula is C25H31N3O4. The molecule has 1 heterocycles. The number of nitrogens with zero attached hydrogens (tertiary/aromatic N) is 1. The molecule has 2 N–H and O–H groups in total. The SMILES string of the molecule is CCCCCCOc1ccc(C(=O)NNC(=O)Cc2ccc(N3CCCC3=O)cc2)cc1. The highest BCUT2D eigenvalue weighted by molar-refractivity contribution is 5.96. The molecule has 1 saturated heterocycles. The zero-order valence-electron chi connectivity index (χ0n) is 18.6. The van der Waals surface area contributed by atoms with Crippen LogP contribution in [0.3, 0.4) is 0 Å². The van der Waals surface area contributed by atoms with Crippen LogP contribution in [0.25, 0.3) is 0 Å². The van der Waals surface area contributed by atoms with Crippen LogP contribution in [0.1, 0.15) is 61.4 Å². The molecule has 0 bridgehead atoms. The minimum absolute atomic E-state index is 0.124. The van der Waals surface area contributed by atoms with Gasteiger partial charge in [0.1, 0.15) is 5.75 Å². The summed E-state index contributed by atoms with van der Waals surface area (Å²) in [4.78, 5) is 38.0. The number of benzene rings is 2. The first-order valence-electron chi connectivity index (χ1n) is 11.3. The van der Waals surface area contributed by atoms with Crippen LogP contribution in [-0.2, 0) is 16.0 Å². The Kier molecular flexibility index (Phi) is 8.66. The third-order valence-electron chi connectivity index (χ3n) is 5.38. The van der Waals surface area contributed by atoms with Crippen LogP contribution >= 0.6 is 0 Å². The van der Waals surface area contributed by atoms with Crippen LogP contribution in [0.4, 0.5) is 5.69 Å². The molecule has 170 valence electrons. The molecule has 7 nitrogen and oxygen atoms in total. The van der Waals surface area contributed by atoms with Gasteiger partial charge in [0.15, 0.2) is 0 Å². The molecule has 0 atom stereocenters. The summed E-state index contributed by atoms with van der Waals surface area (Å²) >= 11 is 0. The second-order valence-corrected chi connectivity index (χ2v) is 7.93.